The summed E-state index contributed by atoms with van der Waals surface area (Å²) < 4.78 is 1.90. The van der Waals surface area contributed by atoms with Gasteiger partial charge in [0, 0.05) is 19.2 Å². The molecule has 1 aliphatic carbocycles. The summed E-state index contributed by atoms with van der Waals surface area (Å²) in [7, 11) is 0. The van der Waals surface area contributed by atoms with Crippen molar-refractivity contribution >= 4 is 0 Å². The number of aryl methyl sites for hydroxylation is 1. The molecule has 0 aliphatic heterocycles. The summed E-state index contributed by atoms with van der Waals surface area (Å²) in [6.07, 6.45) is 5.58. The van der Waals surface area contributed by atoms with E-state index < -0.39 is 0 Å². The number of rotatable bonds is 4. The Labute approximate surface area is 91.1 Å². The Kier molecular flexibility index (Phi) is 2.59. The lowest BCUT2D eigenvalue weighted by atomic mass is 10.0. The largest absolute Gasteiger partial charge is 0.392 e. The smallest absolute Gasteiger partial charge is 0.0615 e. The molecule has 1 aromatic rings. The highest BCUT2D eigenvalue weighted by Gasteiger charge is 2.49. The molecule has 3 heteroatoms. The average molecular weight is 208 g/mol. The van der Waals surface area contributed by atoms with Crippen molar-refractivity contribution in [2.24, 2.45) is 11.3 Å². The first-order chi connectivity index (χ1) is 7.03. The van der Waals surface area contributed by atoms with Gasteiger partial charge in [0.1, 0.15) is 0 Å². The first-order valence-electron chi connectivity index (χ1n) is 5.72. The molecule has 2 unspecified atom stereocenters. The van der Waals surface area contributed by atoms with Gasteiger partial charge in [-0.05, 0) is 30.2 Å². The van der Waals surface area contributed by atoms with Gasteiger partial charge in [-0.25, -0.2) is 0 Å². The van der Waals surface area contributed by atoms with Crippen molar-refractivity contribution in [3.05, 3.63) is 18.0 Å². The molecule has 0 spiro atoms. The highest BCUT2D eigenvalue weighted by Crippen LogP contribution is 2.53. The van der Waals surface area contributed by atoms with Crippen molar-refractivity contribution in [3.8, 4) is 0 Å². The van der Waals surface area contributed by atoms with E-state index in [9.17, 15) is 5.11 Å². The van der Waals surface area contributed by atoms with Crippen LogP contribution in [0, 0.1) is 11.3 Å². The molecule has 2 atom stereocenters. The second kappa shape index (κ2) is 3.63. The number of aliphatic hydroxyl groups is 1. The van der Waals surface area contributed by atoms with Gasteiger partial charge in [-0.15, -0.1) is 0 Å². The maximum atomic E-state index is 10.0. The first-order valence-corrected chi connectivity index (χ1v) is 5.72. The predicted molar refractivity (Wildman–Crippen MR) is 59.5 cm³/mol. The fourth-order valence-corrected chi connectivity index (χ4v) is 2.23. The SMILES string of the molecule is CCn1cc(CC(O)C2CC2(C)C)cn1. The Morgan fingerprint density at radius 1 is 1.67 bits per heavy atom. The van der Waals surface area contributed by atoms with Crippen LogP contribution in [0.25, 0.3) is 0 Å². The molecular weight excluding hydrogens is 188 g/mol. The zero-order valence-corrected chi connectivity index (χ0v) is 9.77. The third kappa shape index (κ3) is 2.23. The number of aromatic nitrogens is 2. The molecule has 2 rings (SSSR count). The maximum Gasteiger partial charge on any atom is 0.0615 e. The second-order valence-electron chi connectivity index (χ2n) is 5.27. The summed E-state index contributed by atoms with van der Waals surface area (Å²) in [5.41, 5.74) is 1.49. The maximum absolute atomic E-state index is 10.0. The Hall–Kier alpha value is -0.830. The molecule has 84 valence electrons. The summed E-state index contributed by atoms with van der Waals surface area (Å²) >= 11 is 0. The molecule has 0 amide bonds. The molecule has 0 aromatic carbocycles. The van der Waals surface area contributed by atoms with Gasteiger partial charge in [0.2, 0.25) is 0 Å². The molecule has 1 fully saturated rings. The van der Waals surface area contributed by atoms with E-state index in [1.165, 1.54) is 0 Å². The van der Waals surface area contributed by atoms with E-state index in [4.69, 9.17) is 0 Å². The lowest BCUT2D eigenvalue weighted by Gasteiger charge is -2.10. The molecule has 0 saturated heterocycles. The predicted octanol–water partition coefficient (Wildman–Crippen LogP) is 1.85. The fourth-order valence-electron chi connectivity index (χ4n) is 2.23. The second-order valence-corrected chi connectivity index (χ2v) is 5.27. The van der Waals surface area contributed by atoms with Crippen LogP contribution in [-0.2, 0) is 13.0 Å². The van der Waals surface area contributed by atoms with E-state index >= 15 is 0 Å². The number of aliphatic hydroxyl groups excluding tert-OH is 1. The van der Waals surface area contributed by atoms with Gasteiger partial charge in [-0.2, -0.15) is 5.10 Å². The van der Waals surface area contributed by atoms with E-state index in [0.717, 1.165) is 24.9 Å². The minimum atomic E-state index is -0.200. The minimum absolute atomic E-state index is 0.200. The van der Waals surface area contributed by atoms with Crippen molar-refractivity contribution in [2.45, 2.75) is 46.3 Å². The third-order valence-electron chi connectivity index (χ3n) is 3.51. The molecular formula is C12H20N2O. The molecule has 1 aliphatic rings. The van der Waals surface area contributed by atoms with Crippen molar-refractivity contribution in [2.75, 3.05) is 0 Å². The summed E-state index contributed by atoms with van der Waals surface area (Å²) in [6, 6.07) is 0. The molecule has 1 aromatic heterocycles. The van der Waals surface area contributed by atoms with Crippen molar-refractivity contribution in [3.63, 3.8) is 0 Å². The average Bonchev–Trinajstić information content (AvgIpc) is 2.62. The molecule has 15 heavy (non-hydrogen) atoms. The van der Waals surface area contributed by atoms with E-state index in [1.807, 2.05) is 17.1 Å². The van der Waals surface area contributed by atoms with Gasteiger partial charge < -0.3 is 5.11 Å². The standard InChI is InChI=1S/C12H20N2O/c1-4-14-8-9(7-13-14)5-11(15)10-6-12(10,2)3/h7-8,10-11,15H,4-6H2,1-3H3. The van der Waals surface area contributed by atoms with Gasteiger partial charge in [0.05, 0.1) is 12.3 Å². The van der Waals surface area contributed by atoms with Crippen LogP contribution in [0.4, 0.5) is 0 Å². The van der Waals surface area contributed by atoms with Crippen LogP contribution < -0.4 is 0 Å². The van der Waals surface area contributed by atoms with Crippen LogP contribution in [0.2, 0.25) is 0 Å². The zero-order chi connectivity index (χ0) is 11.1. The Morgan fingerprint density at radius 2 is 2.33 bits per heavy atom. The number of nitrogens with zero attached hydrogens (tertiary/aromatic N) is 2. The normalized spacial score (nSPS) is 25.2. The van der Waals surface area contributed by atoms with E-state index in [0.29, 0.717) is 11.3 Å². The van der Waals surface area contributed by atoms with Gasteiger partial charge in [-0.3, -0.25) is 4.68 Å². The Morgan fingerprint density at radius 3 is 2.80 bits per heavy atom. The van der Waals surface area contributed by atoms with Crippen LogP contribution in [0.1, 0.15) is 32.8 Å². The van der Waals surface area contributed by atoms with Crippen molar-refractivity contribution in [1.29, 1.82) is 0 Å². The summed E-state index contributed by atoms with van der Waals surface area (Å²) in [6.45, 7) is 7.40. The topological polar surface area (TPSA) is 38.0 Å². The lowest BCUT2D eigenvalue weighted by molar-refractivity contribution is 0.137. The molecule has 1 N–H and O–H groups in total. The van der Waals surface area contributed by atoms with Crippen LogP contribution in [0.5, 0.6) is 0 Å². The Balaban J connectivity index is 1.92. The lowest BCUT2D eigenvalue weighted by Crippen LogP contribution is -2.15. The minimum Gasteiger partial charge on any atom is -0.392 e. The summed E-state index contributed by atoms with van der Waals surface area (Å²) in [4.78, 5) is 0. The molecule has 3 nitrogen and oxygen atoms in total. The highest BCUT2D eigenvalue weighted by molar-refractivity contribution is 5.09. The third-order valence-corrected chi connectivity index (χ3v) is 3.51. The Bertz CT molecular complexity index is 343. The molecule has 1 saturated carbocycles. The molecule has 1 heterocycles. The highest BCUT2D eigenvalue weighted by atomic mass is 16.3. The summed E-state index contributed by atoms with van der Waals surface area (Å²) in [5, 5.41) is 14.2. The monoisotopic (exact) mass is 208 g/mol. The van der Waals surface area contributed by atoms with Gasteiger partial charge in [-0.1, -0.05) is 13.8 Å². The van der Waals surface area contributed by atoms with Crippen molar-refractivity contribution in [1.82, 2.24) is 9.78 Å². The first kappa shape index (κ1) is 10.7. The number of hydrogen-bond acceptors (Lipinski definition) is 2. The van der Waals surface area contributed by atoms with Gasteiger partial charge in [0.15, 0.2) is 0 Å². The molecule has 0 bridgehead atoms. The van der Waals surface area contributed by atoms with E-state index in [-0.39, 0.29) is 6.10 Å². The fraction of sp³-hybridized carbons (Fsp3) is 0.750. The van der Waals surface area contributed by atoms with Crippen LogP contribution >= 0.6 is 0 Å². The quantitative estimate of drug-likeness (QED) is 0.820. The van der Waals surface area contributed by atoms with Gasteiger partial charge in [0.25, 0.3) is 0 Å². The van der Waals surface area contributed by atoms with Gasteiger partial charge >= 0.3 is 0 Å². The van der Waals surface area contributed by atoms with Crippen LogP contribution in [0.3, 0.4) is 0 Å². The van der Waals surface area contributed by atoms with Crippen LogP contribution in [-0.4, -0.2) is 21.0 Å². The number of hydrogen-bond donors (Lipinski definition) is 1. The van der Waals surface area contributed by atoms with Crippen molar-refractivity contribution < 1.29 is 5.11 Å². The zero-order valence-electron chi connectivity index (χ0n) is 9.77. The van der Waals surface area contributed by atoms with E-state index in [2.05, 4.69) is 25.9 Å². The molecule has 0 radical (unpaired) electrons. The van der Waals surface area contributed by atoms with Crippen LogP contribution in [0.15, 0.2) is 12.4 Å². The van der Waals surface area contributed by atoms with E-state index in [1.54, 1.807) is 0 Å². The summed E-state index contributed by atoms with van der Waals surface area (Å²) in [5.74, 6) is 0.475.